The Morgan fingerprint density at radius 3 is 2.39 bits per heavy atom. The number of amides is 1. The van der Waals surface area contributed by atoms with Gasteiger partial charge in [-0.2, -0.15) is 0 Å². The maximum Gasteiger partial charge on any atom is 0.223 e. The van der Waals surface area contributed by atoms with Crippen LogP contribution in [0.2, 0.25) is 5.02 Å². The lowest BCUT2D eigenvalue weighted by Gasteiger charge is -2.33. The van der Waals surface area contributed by atoms with E-state index >= 15 is 0 Å². The average Bonchev–Trinajstić information content (AvgIpc) is 2.49. The first-order valence-electron chi connectivity index (χ1n) is 7.99. The minimum Gasteiger partial charge on any atom is -0.550 e. The number of hydrogen-bond donors (Lipinski definition) is 1. The van der Waals surface area contributed by atoms with Crippen molar-refractivity contribution in [3.8, 4) is 0 Å². The molecule has 1 fully saturated rings. The first kappa shape index (κ1) is 17.8. The molecule has 1 N–H and O–H groups in total. The van der Waals surface area contributed by atoms with Crippen LogP contribution in [0.25, 0.3) is 0 Å². The van der Waals surface area contributed by atoms with Crippen LogP contribution in [-0.4, -0.2) is 43.0 Å². The largest absolute Gasteiger partial charge is 0.550 e. The van der Waals surface area contributed by atoms with Crippen LogP contribution < -0.4 is 10.0 Å². The van der Waals surface area contributed by atoms with E-state index in [1.807, 2.05) is 29.2 Å². The van der Waals surface area contributed by atoms with Crippen LogP contribution in [0.15, 0.2) is 24.3 Å². The molecule has 0 bridgehead atoms. The fraction of sp³-hybridized carbons (Fsp3) is 0.529. The summed E-state index contributed by atoms with van der Waals surface area (Å²) in [6.07, 6.45) is 0.216. The van der Waals surface area contributed by atoms with Crippen LogP contribution in [0.1, 0.15) is 25.3 Å². The Bertz CT molecular complexity index is 539. The van der Waals surface area contributed by atoms with E-state index in [1.54, 1.807) is 6.92 Å². The van der Waals surface area contributed by atoms with E-state index in [-0.39, 0.29) is 24.7 Å². The molecule has 0 aromatic heterocycles. The maximum absolute atomic E-state index is 12.2. The Morgan fingerprint density at radius 2 is 1.83 bits per heavy atom. The number of quaternary nitrogens is 1. The van der Waals surface area contributed by atoms with Gasteiger partial charge in [0.1, 0.15) is 6.54 Å². The van der Waals surface area contributed by atoms with E-state index < -0.39 is 5.97 Å². The van der Waals surface area contributed by atoms with E-state index in [9.17, 15) is 14.7 Å². The number of carbonyl (C=O) groups is 2. The lowest BCUT2D eigenvalue weighted by molar-refractivity contribution is -0.917. The average molecular weight is 339 g/mol. The summed E-state index contributed by atoms with van der Waals surface area (Å²) in [4.78, 5) is 26.0. The van der Waals surface area contributed by atoms with E-state index in [2.05, 4.69) is 0 Å². The number of rotatable bonds is 6. The highest BCUT2D eigenvalue weighted by Crippen LogP contribution is 2.10. The van der Waals surface area contributed by atoms with E-state index in [0.717, 1.165) is 37.7 Å². The number of carboxylic acids is 1. The summed E-state index contributed by atoms with van der Waals surface area (Å²) in [6, 6.07) is 7.87. The lowest BCUT2D eigenvalue weighted by atomic mass is 10.0. The molecule has 126 valence electrons. The molecule has 1 aliphatic rings. The van der Waals surface area contributed by atoms with Gasteiger partial charge >= 0.3 is 0 Å². The summed E-state index contributed by atoms with van der Waals surface area (Å²) in [7, 11) is 0. The van der Waals surface area contributed by atoms with Crippen molar-refractivity contribution in [1.29, 1.82) is 0 Å². The molecule has 1 aromatic carbocycles. The van der Waals surface area contributed by atoms with Gasteiger partial charge in [0, 0.05) is 23.0 Å². The SMILES string of the molecule is C[C@H](CC(=O)[O-])CC(=O)N1CC[NH+](Cc2ccc(Cl)cc2)CC1. The first-order valence-corrected chi connectivity index (χ1v) is 8.37. The number of aliphatic carboxylic acids is 1. The Balaban J connectivity index is 1.75. The van der Waals surface area contributed by atoms with Crippen molar-refractivity contribution < 1.29 is 19.6 Å². The third kappa shape index (κ3) is 5.84. The van der Waals surface area contributed by atoms with Crippen LogP contribution in [-0.2, 0) is 16.1 Å². The van der Waals surface area contributed by atoms with Crippen molar-refractivity contribution >= 4 is 23.5 Å². The monoisotopic (exact) mass is 338 g/mol. The summed E-state index contributed by atoms with van der Waals surface area (Å²) < 4.78 is 0. The number of carboxylic acid groups (broad SMARTS) is 1. The zero-order chi connectivity index (χ0) is 16.8. The molecule has 1 heterocycles. The van der Waals surface area contributed by atoms with Crippen molar-refractivity contribution in [3.05, 3.63) is 34.9 Å². The van der Waals surface area contributed by atoms with Crippen molar-refractivity contribution in [3.63, 3.8) is 0 Å². The van der Waals surface area contributed by atoms with Gasteiger partial charge in [-0.1, -0.05) is 30.7 Å². The van der Waals surface area contributed by atoms with Crippen LogP contribution in [0.4, 0.5) is 0 Å². The molecular formula is C17H23ClN2O3. The molecule has 1 amide bonds. The number of nitrogens with zero attached hydrogens (tertiary/aromatic N) is 1. The normalized spacial score (nSPS) is 17.0. The first-order chi connectivity index (χ1) is 10.9. The molecule has 1 atom stereocenters. The molecule has 6 heteroatoms. The second-order valence-electron chi connectivity index (χ2n) is 6.32. The summed E-state index contributed by atoms with van der Waals surface area (Å²) in [5, 5.41) is 11.3. The lowest BCUT2D eigenvalue weighted by Crippen LogP contribution is -3.13. The Kier molecular flexibility index (Phi) is 6.42. The maximum atomic E-state index is 12.2. The van der Waals surface area contributed by atoms with Crippen molar-refractivity contribution in [2.24, 2.45) is 5.92 Å². The van der Waals surface area contributed by atoms with Crippen LogP contribution in [0.3, 0.4) is 0 Å². The van der Waals surface area contributed by atoms with Crippen LogP contribution in [0.5, 0.6) is 0 Å². The molecule has 5 nitrogen and oxygen atoms in total. The third-order valence-electron chi connectivity index (χ3n) is 4.23. The zero-order valence-corrected chi connectivity index (χ0v) is 14.1. The topological polar surface area (TPSA) is 64.9 Å². The van der Waals surface area contributed by atoms with Gasteiger partial charge in [0.2, 0.25) is 5.91 Å². The van der Waals surface area contributed by atoms with Gasteiger partial charge in [0.25, 0.3) is 0 Å². The fourth-order valence-corrected chi connectivity index (χ4v) is 3.05. The number of benzene rings is 1. The molecule has 0 unspecified atom stereocenters. The Hall–Kier alpha value is -1.59. The zero-order valence-electron chi connectivity index (χ0n) is 13.4. The van der Waals surface area contributed by atoms with Gasteiger partial charge in [0.05, 0.1) is 26.2 Å². The summed E-state index contributed by atoms with van der Waals surface area (Å²) in [5.41, 5.74) is 1.24. The molecule has 0 spiro atoms. The smallest absolute Gasteiger partial charge is 0.223 e. The van der Waals surface area contributed by atoms with E-state index in [4.69, 9.17) is 11.6 Å². The molecule has 0 saturated carbocycles. The minimum atomic E-state index is -1.09. The van der Waals surface area contributed by atoms with Gasteiger partial charge in [-0.15, -0.1) is 0 Å². The molecule has 1 saturated heterocycles. The van der Waals surface area contributed by atoms with Gasteiger partial charge in [-0.25, -0.2) is 0 Å². The number of carbonyl (C=O) groups excluding carboxylic acids is 2. The van der Waals surface area contributed by atoms with Crippen molar-refractivity contribution in [2.75, 3.05) is 26.2 Å². The highest BCUT2D eigenvalue weighted by atomic mass is 35.5. The molecule has 23 heavy (non-hydrogen) atoms. The molecule has 1 aliphatic heterocycles. The van der Waals surface area contributed by atoms with Crippen molar-refractivity contribution in [2.45, 2.75) is 26.3 Å². The number of hydrogen-bond acceptors (Lipinski definition) is 3. The predicted octanol–water partition coefficient (Wildman–Crippen LogP) is -0.267. The summed E-state index contributed by atoms with van der Waals surface area (Å²) in [6.45, 7) is 5.96. The highest BCUT2D eigenvalue weighted by molar-refractivity contribution is 6.30. The van der Waals surface area contributed by atoms with Gasteiger partial charge in [0.15, 0.2) is 0 Å². The van der Waals surface area contributed by atoms with E-state index in [1.165, 1.54) is 10.5 Å². The van der Waals surface area contributed by atoms with Crippen molar-refractivity contribution in [1.82, 2.24) is 4.90 Å². The second kappa shape index (κ2) is 8.31. The van der Waals surface area contributed by atoms with Gasteiger partial charge < -0.3 is 19.7 Å². The molecule has 0 radical (unpaired) electrons. The standard InChI is InChI=1S/C17H23ClN2O3/c1-13(11-17(22)23)10-16(21)20-8-6-19(7-9-20)12-14-2-4-15(18)5-3-14/h2-5,13H,6-12H2,1H3,(H,22,23)/t13-/m0/s1. The minimum absolute atomic E-state index is 0.0456. The number of piperazine rings is 1. The van der Waals surface area contributed by atoms with Crippen LogP contribution in [0, 0.1) is 5.92 Å². The molecular weight excluding hydrogens is 316 g/mol. The molecule has 1 aromatic rings. The second-order valence-corrected chi connectivity index (χ2v) is 6.76. The Morgan fingerprint density at radius 1 is 1.22 bits per heavy atom. The van der Waals surface area contributed by atoms with Crippen LogP contribution >= 0.6 is 11.6 Å². The quantitative estimate of drug-likeness (QED) is 0.777. The Labute approximate surface area is 141 Å². The predicted molar refractivity (Wildman–Crippen MR) is 85.8 cm³/mol. The number of nitrogens with one attached hydrogen (secondary N) is 1. The molecule has 2 rings (SSSR count). The third-order valence-corrected chi connectivity index (χ3v) is 4.48. The summed E-state index contributed by atoms with van der Waals surface area (Å²) in [5.74, 6) is -1.22. The van der Waals surface area contributed by atoms with Gasteiger partial charge in [-0.3, -0.25) is 4.79 Å². The summed E-state index contributed by atoms with van der Waals surface area (Å²) >= 11 is 5.89. The number of halogens is 1. The van der Waals surface area contributed by atoms with E-state index in [0.29, 0.717) is 0 Å². The highest BCUT2D eigenvalue weighted by Gasteiger charge is 2.24. The fourth-order valence-electron chi connectivity index (χ4n) is 2.92. The molecule has 0 aliphatic carbocycles. The van der Waals surface area contributed by atoms with Gasteiger partial charge in [-0.05, 0) is 24.5 Å².